The Morgan fingerprint density at radius 3 is 2.43 bits per heavy atom. The number of rotatable bonds is 4. The van der Waals surface area contributed by atoms with Gasteiger partial charge in [-0.2, -0.15) is 0 Å². The van der Waals surface area contributed by atoms with E-state index in [0.717, 1.165) is 13.1 Å². The molecule has 4 nitrogen and oxygen atoms in total. The van der Waals surface area contributed by atoms with Crippen molar-refractivity contribution in [1.29, 1.82) is 0 Å². The van der Waals surface area contributed by atoms with Crippen molar-refractivity contribution in [3.8, 4) is 0 Å². The molecule has 1 saturated heterocycles. The molecule has 2 N–H and O–H groups in total. The van der Waals surface area contributed by atoms with Gasteiger partial charge >= 0.3 is 6.03 Å². The normalized spacial score (nSPS) is 34.4. The average molecular weight is 295 g/mol. The fourth-order valence-corrected chi connectivity index (χ4v) is 3.97. The third-order valence-corrected chi connectivity index (χ3v) is 5.47. The van der Waals surface area contributed by atoms with E-state index in [4.69, 9.17) is 0 Å². The Labute approximate surface area is 130 Å². The topological polar surface area (TPSA) is 44.4 Å². The third-order valence-electron chi connectivity index (χ3n) is 5.47. The molecule has 1 aliphatic carbocycles. The molecular weight excluding hydrogens is 262 g/mol. The quantitative estimate of drug-likeness (QED) is 0.837. The highest BCUT2D eigenvalue weighted by molar-refractivity contribution is 5.74. The van der Waals surface area contributed by atoms with Crippen LogP contribution in [-0.4, -0.2) is 42.6 Å². The van der Waals surface area contributed by atoms with E-state index in [1.165, 1.54) is 45.1 Å². The molecule has 4 heteroatoms. The Kier molecular flexibility index (Phi) is 6.34. The van der Waals surface area contributed by atoms with Crippen molar-refractivity contribution in [2.75, 3.05) is 19.6 Å². The fourth-order valence-electron chi connectivity index (χ4n) is 3.97. The highest BCUT2D eigenvalue weighted by Crippen LogP contribution is 2.28. The molecule has 2 rings (SSSR count). The van der Waals surface area contributed by atoms with Gasteiger partial charge in [-0.15, -0.1) is 0 Å². The van der Waals surface area contributed by atoms with Gasteiger partial charge in [0, 0.05) is 25.2 Å². The number of urea groups is 1. The van der Waals surface area contributed by atoms with Crippen LogP contribution in [0, 0.1) is 11.8 Å². The summed E-state index contributed by atoms with van der Waals surface area (Å²) in [5, 5.41) is 6.25. The summed E-state index contributed by atoms with van der Waals surface area (Å²) in [6.07, 6.45) is 7.72. The van der Waals surface area contributed by atoms with E-state index in [2.05, 4.69) is 36.3 Å². The summed E-state index contributed by atoms with van der Waals surface area (Å²) >= 11 is 0. The second-order valence-corrected chi connectivity index (χ2v) is 7.19. The lowest BCUT2D eigenvalue weighted by molar-refractivity contribution is 0.159. The molecule has 21 heavy (non-hydrogen) atoms. The summed E-state index contributed by atoms with van der Waals surface area (Å²) in [7, 11) is 0. The van der Waals surface area contributed by atoms with Crippen LogP contribution in [0.25, 0.3) is 0 Å². The summed E-state index contributed by atoms with van der Waals surface area (Å²) in [5.74, 6) is 1.20. The molecule has 2 aliphatic rings. The van der Waals surface area contributed by atoms with Crippen molar-refractivity contribution in [2.24, 2.45) is 11.8 Å². The van der Waals surface area contributed by atoms with Gasteiger partial charge in [-0.25, -0.2) is 4.79 Å². The minimum Gasteiger partial charge on any atom is -0.337 e. The summed E-state index contributed by atoms with van der Waals surface area (Å²) in [6, 6.07) is 1.03. The molecule has 2 fully saturated rings. The van der Waals surface area contributed by atoms with E-state index in [-0.39, 0.29) is 6.03 Å². The smallest absolute Gasteiger partial charge is 0.315 e. The maximum Gasteiger partial charge on any atom is 0.315 e. The molecule has 0 aromatic rings. The zero-order chi connectivity index (χ0) is 15.2. The van der Waals surface area contributed by atoms with E-state index in [1.807, 2.05) is 0 Å². The minimum absolute atomic E-state index is 0.0188. The molecule has 1 saturated carbocycles. The number of piperidine rings is 1. The molecule has 1 heterocycles. The molecule has 2 amide bonds. The molecular formula is C17H33N3O. The summed E-state index contributed by atoms with van der Waals surface area (Å²) in [5.41, 5.74) is 0. The lowest BCUT2D eigenvalue weighted by Crippen LogP contribution is -2.51. The monoisotopic (exact) mass is 295 g/mol. The first-order valence-electron chi connectivity index (χ1n) is 8.86. The molecule has 0 aromatic carbocycles. The Morgan fingerprint density at radius 2 is 1.76 bits per heavy atom. The van der Waals surface area contributed by atoms with Gasteiger partial charge in [-0.1, -0.05) is 26.7 Å². The van der Waals surface area contributed by atoms with Gasteiger partial charge in [-0.3, -0.25) is 4.90 Å². The van der Waals surface area contributed by atoms with Crippen LogP contribution in [-0.2, 0) is 0 Å². The standard InChI is InChI=1S/C17H33N3O/c1-13-7-6-8-14(2)16(13)19-17(21)18-10-12-20-11-5-4-9-15(20)3/h13-16H,4-12H2,1-3H3,(H2,18,19,21)/t13-,14+,15-,16?/m1/s1. The molecule has 1 unspecified atom stereocenters. The van der Waals surface area contributed by atoms with Gasteiger partial charge in [0.25, 0.3) is 0 Å². The van der Waals surface area contributed by atoms with Gasteiger partial charge in [0.05, 0.1) is 0 Å². The number of hydrogen-bond acceptors (Lipinski definition) is 2. The highest BCUT2D eigenvalue weighted by atomic mass is 16.2. The third kappa shape index (κ3) is 4.87. The zero-order valence-corrected chi connectivity index (χ0v) is 14.0. The van der Waals surface area contributed by atoms with Crippen LogP contribution >= 0.6 is 0 Å². The number of carbonyl (C=O) groups excluding carboxylic acids is 1. The van der Waals surface area contributed by atoms with Gasteiger partial charge in [0.2, 0.25) is 0 Å². The van der Waals surface area contributed by atoms with Crippen molar-refractivity contribution in [2.45, 2.75) is 71.4 Å². The molecule has 122 valence electrons. The summed E-state index contributed by atoms with van der Waals surface area (Å²) in [6.45, 7) is 9.73. The second kappa shape index (κ2) is 8.02. The molecule has 0 spiro atoms. The number of likely N-dealkylation sites (tertiary alicyclic amines) is 1. The maximum absolute atomic E-state index is 12.1. The summed E-state index contributed by atoms with van der Waals surface area (Å²) in [4.78, 5) is 14.6. The molecule has 0 aromatic heterocycles. The Morgan fingerprint density at radius 1 is 1.05 bits per heavy atom. The predicted octanol–water partition coefficient (Wildman–Crippen LogP) is 2.98. The van der Waals surface area contributed by atoms with E-state index in [0.29, 0.717) is 23.9 Å². The van der Waals surface area contributed by atoms with Crippen molar-refractivity contribution >= 4 is 6.03 Å². The number of hydrogen-bond donors (Lipinski definition) is 2. The SMILES string of the molecule is C[C@@H]1CCC[C@H](C)C1NC(=O)NCCN1CCCC[C@H]1C. The Bertz CT molecular complexity index is 324. The lowest BCUT2D eigenvalue weighted by atomic mass is 9.79. The largest absolute Gasteiger partial charge is 0.337 e. The van der Waals surface area contributed by atoms with Gasteiger partial charge < -0.3 is 10.6 Å². The Hall–Kier alpha value is -0.770. The van der Waals surface area contributed by atoms with Crippen molar-refractivity contribution in [3.63, 3.8) is 0 Å². The number of carbonyl (C=O) groups is 1. The van der Waals surface area contributed by atoms with Crippen LogP contribution in [0.1, 0.15) is 59.3 Å². The molecule has 4 atom stereocenters. The fraction of sp³-hybridized carbons (Fsp3) is 0.941. The highest BCUT2D eigenvalue weighted by Gasteiger charge is 2.28. The first-order valence-corrected chi connectivity index (χ1v) is 8.86. The van der Waals surface area contributed by atoms with Gasteiger partial charge in [-0.05, 0) is 51.0 Å². The predicted molar refractivity (Wildman–Crippen MR) is 87.4 cm³/mol. The lowest BCUT2D eigenvalue weighted by Gasteiger charge is -2.35. The van der Waals surface area contributed by atoms with Crippen molar-refractivity contribution in [1.82, 2.24) is 15.5 Å². The van der Waals surface area contributed by atoms with E-state index >= 15 is 0 Å². The number of nitrogens with zero attached hydrogens (tertiary/aromatic N) is 1. The molecule has 0 radical (unpaired) electrons. The van der Waals surface area contributed by atoms with Gasteiger partial charge in [0.15, 0.2) is 0 Å². The van der Waals surface area contributed by atoms with Crippen molar-refractivity contribution in [3.05, 3.63) is 0 Å². The second-order valence-electron chi connectivity index (χ2n) is 7.19. The minimum atomic E-state index is 0.0188. The Balaban J connectivity index is 1.67. The van der Waals surface area contributed by atoms with E-state index in [1.54, 1.807) is 0 Å². The number of amides is 2. The summed E-state index contributed by atoms with van der Waals surface area (Å²) < 4.78 is 0. The first-order chi connectivity index (χ1) is 10.1. The van der Waals surface area contributed by atoms with Crippen LogP contribution in [0.3, 0.4) is 0 Å². The average Bonchev–Trinajstić information content (AvgIpc) is 2.45. The zero-order valence-electron chi connectivity index (χ0n) is 14.0. The van der Waals surface area contributed by atoms with E-state index < -0.39 is 0 Å². The van der Waals surface area contributed by atoms with Crippen LogP contribution < -0.4 is 10.6 Å². The van der Waals surface area contributed by atoms with Crippen LogP contribution in [0.4, 0.5) is 4.79 Å². The van der Waals surface area contributed by atoms with Crippen molar-refractivity contribution < 1.29 is 4.79 Å². The molecule has 0 bridgehead atoms. The van der Waals surface area contributed by atoms with Crippen LogP contribution in [0.15, 0.2) is 0 Å². The molecule has 1 aliphatic heterocycles. The maximum atomic E-state index is 12.1. The first kappa shape index (κ1) is 16.6. The van der Waals surface area contributed by atoms with E-state index in [9.17, 15) is 4.79 Å². The van der Waals surface area contributed by atoms with Crippen LogP contribution in [0.2, 0.25) is 0 Å². The van der Waals surface area contributed by atoms with Crippen LogP contribution in [0.5, 0.6) is 0 Å². The number of nitrogens with one attached hydrogen (secondary N) is 2. The van der Waals surface area contributed by atoms with Gasteiger partial charge in [0.1, 0.15) is 0 Å².